The number of ketones is 1. The minimum absolute atomic E-state index is 0.0178. The Morgan fingerprint density at radius 2 is 1.73 bits per heavy atom. The number of hydrogen-bond donors (Lipinski definition) is 1. The number of carbonyl (C=O) groups excluding carboxylic acids is 2. The Morgan fingerprint density at radius 3 is 2.41 bits per heavy atom. The Kier molecular flexibility index (Phi) is 9.48. The molecule has 0 aliphatic carbocycles. The SMILES string of the molecule is Cc1ccc(S(N)(=O)=O)c(C(=O)Cc2cc(Cl)ccc2OCC(=O)N2C[C@H](C)N(Cc3ccc(F)cc3)C[C@H]2C)c1. The topological polar surface area (TPSA) is 110 Å². The first-order valence-corrected chi connectivity index (χ1v) is 15.1. The van der Waals surface area contributed by atoms with Crippen LogP contribution >= 0.6 is 11.6 Å². The van der Waals surface area contributed by atoms with Gasteiger partial charge in [0, 0.05) is 54.3 Å². The summed E-state index contributed by atoms with van der Waals surface area (Å²) in [5.41, 5.74) is 2.11. The fourth-order valence-corrected chi connectivity index (χ4v) is 5.95. The third kappa shape index (κ3) is 7.71. The van der Waals surface area contributed by atoms with Gasteiger partial charge in [0.1, 0.15) is 11.6 Å². The molecule has 0 aromatic heterocycles. The highest BCUT2D eigenvalue weighted by atomic mass is 35.5. The molecule has 0 radical (unpaired) electrons. The summed E-state index contributed by atoms with van der Waals surface area (Å²) < 4.78 is 43.3. The zero-order valence-electron chi connectivity index (χ0n) is 23.1. The fourth-order valence-electron chi connectivity index (χ4n) is 5.02. The molecule has 1 aliphatic rings. The van der Waals surface area contributed by atoms with Crippen molar-refractivity contribution in [2.75, 3.05) is 19.7 Å². The van der Waals surface area contributed by atoms with Gasteiger partial charge in [0.05, 0.1) is 4.90 Å². The van der Waals surface area contributed by atoms with E-state index < -0.39 is 15.8 Å². The van der Waals surface area contributed by atoms with Gasteiger partial charge in [-0.15, -0.1) is 0 Å². The molecule has 3 aromatic carbocycles. The van der Waals surface area contributed by atoms with Gasteiger partial charge < -0.3 is 9.64 Å². The number of Topliss-reactive ketones (excluding diaryl/α,β-unsaturated/α-hetero) is 1. The lowest BCUT2D eigenvalue weighted by Gasteiger charge is -2.44. The van der Waals surface area contributed by atoms with Crippen LogP contribution in [-0.2, 0) is 27.8 Å². The van der Waals surface area contributed by atoms with Crippen LogP contribution in [0.1, 0.15) is 40.9 Å². The quantitative estimate of drug-likeness (QED) is 0.365. The Morgan fingerprint density at radius 1 is 1.02 bits per heavy atom. The number of rotatable bonds is 9. The smallest absolute Gasteiger partial charge is 0.260 e. The van der Waals surface area contributed by atoms with Crippen LogP contribution in [0.3, 0.4) is 0 Å². The first kappa shape index (κ1) is 30.6. The van der Waals surface area contributed by atoms with E-state index >= 15 is 0 Å². The predicted molar refractivity (Wildman–Crippen MR) is 155 cm³/mol. The highest BCUT2D eigenvalue weighted by molar-refractivity contribution is 7.89. The maximum Gasteiger partial charge on any atom is 0.260 e. The molecule has 4 rings (SSSR count). The van der Waals surface area contributed by atoms with Gasteiger partial charge in [0.15, 0.2) is 12.4 Å². The number of nitrogens with two attached hydrogens (primary N) is 1. The molecule has 41 heavy (non-hydrogen) atoms. The first-order valence-electron chi connectivity index (χ1n) is 13.2. The number of amides is 1. The van der Waals surface area contributed by atoms with Crippen molar-refractivity contribution in [3.63, 3.8) is 0 Å². The monoisotopic (exact) mass is 601 g/mol. The predicted octanol–water partition coefficient (Wildman–Crippen LogP) is 4.36. The summed E-state index contributed by atoms with van der Waals surface area (Å²) in [6.07, 6.45) is -0.203. The minimum atomic E-state index is -4.12. The van der Waals surface area contributed by atoms with Crippen molar-refractivity contribution in [2.24, 2.45) is 5.14 Å². The summed E-state index contributed by atoms with van der Waals surface area (Å²) >= 11 is 6.19. The molecule has 1 aliphatic heterocycles. The number of carbonyl (C=O) groups is 2. The number of nitrogens with zero attached hydrogens (tertiary/aromatic N) is 2. The Hall–Kier alpha value is -3.31. The van der Waals surface area contributed by atoms with Crippen molar-refractivity contribution in [2.45, 2.75) is 50.7 Å². The number of aryl methyl sites for hydroxylation is 1. The fraction of sp³-hybridized carbons (Fsp3) is 0.333. The van der Waals surface area contributed by atoms with E-state index in [2.05, 4.69) is 4.90 Å². The van der Waals surface area contributed by atoms with Crippen LogP contribution in [0, 0.1) is 12.7 Å². The molecule has 0 bridgehead atoms. The van der Waals surface area contributed by atoms with Crippen molar-refractivity contribution >= 4 is 33.3 Å². The molecule has 2 atom stereocenters. The third-order valence-electron chi connectivity index (χ3n) is 7.20. The van der Waals surface area contributed by atoms with Crippen molar-refractivity contribution < 1.29 is 27.1 Å². The first-order chi connectivity index (χ1) is 19.3. The highest BCUT2D eigenvalue weighted by Gasteiger charge is 2.32. The van der Waals surface area contributed by atoms with Crippen molar-refractivity contribution in [1.29, 1.82) is 0 Å². The molecule has 1 amide bonds. The van der Waals surface area contributed by atoms with Crippen LogP contribution in [0.5, 0.6) is 5.75 Å². The number of sulfonamides is 1. The van der Waals surface area contributed by atoms with Crippen molar-refractivity contribution in [3.8, 4) is 5.75 Å². The molecular weight excluding hydrogens is 569 g/mol. The van der Waals surface area contributed by atoms with E-state index in [1.807, 2.05) is 13.8 Å². The molecule has 0 spiro atoms. The Balaban J connectivity index is 1.43. The molecule has 3 aromatic rings. The molecule has 0 unspecified atom stereocenters. The summed E-state index contributed by atoms with van der Waals surface area (Å²) in [7, 11) is -4.12. The number of ether oxygens (including phenoxy) is 1. The zero-order valence-corrected chi connectivity index (χ0v) is 24.7. The molecule has 8 nitrogen and oxygen atoms in total. The maximum atomic E-state index is 13.3. The van der Waals surface area contributed by atoms with Crippen LogP contribution in [0.2, 0.25) is 5.02 Å². The summed E-state index contributed by atoms with van der Waals surface area (Å²) in [6, 6.07) is 15.5. The summed E-state index contributed by atoms with van der Waals surface area (Å²) in [4.78, 5) is 30.2. The standard InChI is InChI=1S/C30H33ClFN3O5S/c1-19-4-11-29(41(33,38)39)26(12-19)27(36)14-23-13-24(31)7-10-28(23)40-18-30(37)35-16-20(2)34(15-21(35)3)17-22-5-8-25(32)9-6-22/h4-13,20-21H,14-18H2,1-3H3,(H2,33,38,39)/t20-,21+/m0/s1. The molecule has 0 saturated carbocycles. The van der Waals surface area contributed by atoms with Crippen LogP contribution in [-0.4, -0.2) is 61.7 Å². The average molecular weight is 602 g/mol. The van der Waals surface area contributed by atoms with Gasteiger partial charge in [-0.2, -0.15) is 0 Å². The molecule has 1 heterocycles. The van der Waals surface area contributed by atoms with E-state index in [-0.39, 0.29) is 47.3 Å². The van der Waals surface area contributed by atoms with Gasteiger partial charge in [0.25, 0.3) is 5.91 Å². The largest absolute Gasteiger partial charge is 0.483 e. The minimum Gasteiger partial charge on any atom is -0.483 e. The van der Waals surface area contributed by atoms with Crippen LogP contribution in [0.15, 0.2) is 65.6 Å². The summed E-state index contributed by atoms with van der Waals surface area (Å²) in [5, 5.41) is 5.70. The highest BCUT2D eigenvalue weighted by Crippen LogP contribution is 2.27. The van der Waals surface area contributed by atoms with E-state index in [0.717, 1.165) is 5.56 Å². The number of hydrogen-bond acceptors (Lipinski definition) is 6. The van der Waals surface area contributed by atoms with E-state index in [1.54, 1.807) is 48.2 Å². The van der Waals surface area contributed by atoms with Gasteiger partial charge >= 0.3 is 0 Å². The maximum absolute atomic E-state index is 13.3. The van der Waals surface area contributed by atoms with E-state index in [9.17, 15) is 22.4 Å². The van der Waals surface area contributed by atoms with E-state index in [4.69, 9.17) is 21.5 Å². The molecule has 2 N–H and O–H groups in total. The zero-order chi connectivity index (χ0) is 29.9. The normalized spacial score (nSPS) is 17.9. The van der Waals surface area contributed by atoms with Gasteiger partial charge in [0.2, 0.25) is 10.0 Å². The molecule has 218 valence electrons. The van der Waals surface area contributed by atoms with Gasteiger partial charge in [-0.1, -0.05) is 35.4 Å². The second-order valence-corrected chi connectivity index (χ2v) is 12.5. The van der Waals surface area contributed by atoms with E-state index in [1.165, 1.54) is 24.3 Å². The lowest BCUT2D eigenvalue weighted by Crippen LogP contribution is -2.58. The lowest BCUT2D eigenvalue weighted by molar-refractivity contribution is -0.139. The van der Waals surface area contributed by atoms with Gasteiger partial charge in [-0.3, -0.25) is 14.5 Å². The summed E-state index contributed by atoms with van der Waals surface area (Å²) in [5.74, 6) is -0.650. The van der Waals surface area contributed by atoms with Crippen LogP contribution in [0.25, 0.3) is 0 Å². The third-order valence-corrected chi connectivity index (χ3v) is 8.41. The Bertz CT molecular complexity index is 1550. The summed E-state index contributed by atoms with van der Waals surface area (Å²) in [6.45, 7) is 7.31. The molecule has 1 saturated heterocycles. The molecule has 11 heteroatoms. The molecular formula is C30H33ClFN3O5S. The number of primary sulfonamides is 1. The van der Waals surface area contributed by atoms with Gasteiger partial charge in [-0.25, -0.2) is 17.9 Å². The van der Waals surface area contributed by atoms with Gasteiger partial charge in [-0.05, 0) is 68.8 Å². The Labute approximate surface area is 244 Å². The number of piperazine rings is 1. The second-order valence-electron chi connectivity index (χ2n) is 10.5. The number of halogens is 2. The lowest BCUT2D eigenvalue weighted by atomic mass is 10.0. The van der Waals surface area contributed by atoms with Crippen molar-refractivity contribution in [3.05, 3.63) is 93.8 Å². The van der Waals surface area contributed by atoms with Crippen LogP contribution < -0.4 is 9.88 Å². The average Bonchev–Trinajstić information content (AvgIpc) is 2.90. The molecule has 1 fully saturated rings. The second kappa shape index (κ2) is 12.7. The number of benzene rings is 3. The van der Waals surface area contributed by atoms with Crippen molar-refractivity contribution in [1.82, 2.24) is 9.80 Å². The van der Waals surface area contributed by atoms with Crippen LogP contribution in [0.4, 0.5) is 4.39 Å². The van der Waals surface area contributed by atoms with E-state index in [0.29, 0.717) is 41.5 Å².